The van der Waals surface area contributed by atoms with Crippen molar-refractivity contribution in [3.63, 3.8) is 0 Å². The summed E-state index contributed by atoms with van der Waals surface area (Å²) in [5.74, 6) is 0.0227. The molecule has 128 valence electrons. The van der Waals surface area contributed by atoms with E-state index in [4.69, 9.17) is 5.73 Å². The van der Waals surface area contributed by atoms with Crippen LogP contribution in [0.4, 0.5) is 5.69 Å². The van der Waals surface area contributed by atoms with Crippen LogP contribution in [0.2, 0.25) is 0 Å². The van der Waals surface area contributed by atoms with Gasteiger partial charge in [0.15, 0.2) is 0 Å². The fourth-order valence-electron chi connectivity index (χ4n) is 2.65. The van der Waals surface area contributed by atoms with E-state index >= 15 is 0 Å². The molecular formula is C15H21BrClN3O3. The summed E-state index contributed by atoms with van der Waals surface area (Å²) in [6, 6.07) is 4.57. The summed E-state index contributed by atoms with van der Waals surface area (Å²) >= 11 is 3.30. The average Bonchev–Trinajstić information content (AvgIpc) is 2.43. The van der Waals surface area contributed by atoms with Crippen molar-refractivity contribution < 1.29 is 9.72 Å². The third kappa shape index (κ3) is 4.65. The van der Waals surface area contributed by atoms with Crippen LogP contribution >= 0.6 is 28.3 Å². The monoisotopic (exact) mass is 405 g/mol. The summed E-state index contributed by atoms with van der Waals surface area (Å²) in [6.07, 6.45) is 1.02. The Morgan fingerprint density at radius 2 is 2.17 bits per heavy atom. The lowest BCUT2D eigenvalue weighted by molar-refractivity contribution is -0.384. The van der Waals surface area contributed by atoms with Crippen molar-refractivity contribution in [1.29, 1.82) is 0 Å². The first kappa shape index (κ1) is 19.9. The molecule has 6 nitrogen and oxygen atoms in total. The summed E-state index contributed by atoms with van der Waals surface area (Å²) in [6.45, 7) is 5.43. The van der Waals surface area contributed by atoms with Gasteiger partial charge in [-0.05, 0) is 17.4 Å². The largest absolute Gasteiger partial charge is 0.342 e. The predicted molar refractivity (Wildman–Crippen MR) is 94.7 cm³/mol. The SMILES string of the molecule is CC1(C)CN(C(=O)Cc2ccc([N+](=O)[O-])cc2Br)CCC1N.Cl. The second-order valence-corrected chi connectivity index (χ2v) is 7.26. The van der Waals surface area contributed by atoms with Gasteiger partial charge in [0.25, 0.3) is 5.69 Å². The minimum atomic E-state index is -0.453. The highest BCUT2D eigenvalue weighted by molar-refractivity contribution is 9.10. The molecule has 2 rings (SSSR count). The second kappa shape index (κ2) is 7.59. The molecule has 1 aromatic rings. The molecule has 1 unspecified atom stereocenters. The van der Waals surface area contributed by atoms with Crippen LogP contribution < -0.4 is 5.73 Å². The average molecular weight is 407 g/mol. The Hall–Kier alpha value is -1.18. The van der Waals surface area contributed by atoms with Gasteiger partial charge in [0.2, 0.25) is 5.91 Å². The smallest absolute Gasteiger partial charge is 0.270 e. The molecule has 1 heterocycles. The zero-order valence-corrected chi connectivity index (χ0v) is 15.5. The second-order valence-electron chi connectivity index (χ2n) is 6.41. The van der Waals surface area contributed by atoms with Crippen LogP contribution in [-0.2, 0) is 11.2 Å². The summed E-state index contributed by atoms with van der Waals surface area (Å²) in [4.78, 5) is 24.6. The van der Waals surface area contributed by atoms with Crippen LogP contribution in [0.3, 0.4) is 0 Å². The van der Waals surface area contributed by atoms with Crippen LogP contribution in [0.15, 0.2) is 22.7 Å². The number of hydrogen-bond donors (Lipinski definition) is 1. The molecule has 1 aliphatic rings. The molecule has 0 aromatic heterocycles. The van der Waals surface area contributed by atoms with Crippen molar-refractivity contribution in [2.75, 3.05) is 13.1 Å². The van der Waals surface area contributed by atoms with Gasteiger partial charge in [0.1, 0.15) is 0 Å². The maximum absolute atomic E-state index is 12.5. The van der Waals surface area contributed by atoms with Crippen molar-refractivity contribution in [1.82, 2.24) is 4.90 Å². The van der Waals surface area contributed by atoms with Gasteiger partial charge in [0.05, 0.1) is 11.3 Å². The number of piperidine rings is 1. The molecule has 1 aromatic carbocycles. The minimum absolute atomic E-state index is 0. The standard InChI is InChI=1S/C15H20BrN3O3.ClH/c1-15(2)9-18(6-5-13(15)17)14(20)7-10-3-4-11(19(21)22)8-12(10)16;/h3-4,8,13H,5-7,9,17H2,1-2H3;1H. The van der Waals surface area contributed by atoms with Crippen molar-refractivity contribution in [2.45, 2.75) is 32.7 Å². The highest BCUT2D eigenvalue weighted by Crippen LogP contribution is 2.29. The molecule has 1 saturated heterocycles. The lowest BCUT2D eigenvalue weighted by Crippen LogP contribution is -2.54. The van der Waals surface area contributed by atoms with E-state index in [1.165, 1.54) is 12.1 Å². The summed E-state index contributed by atoms with van der Waals surface area (Å²) in [5.41, 5.74) is 6.75. The van der Waals surface area contributed by atoms with Crippen LogP contribution in [0.5, 0.6) is 0 Å². The minimum Gasteiger partial charge on any atom is -0.342 e. The zero-order chi connectivity index (χ0) is 16.5. The van der Waals surface area contributed by atoms with E-state index < -0.39 is 4.92 Å². The van der Waals surface area contributed by atoms with Gasteiger partial charge < -0.3 is 10.6 Å². The lowest BCUT2D eigenvalue weighted by atomic mass is 9.79. The Bertz CT molecular complexity index is 610. The lowest BCUT2D eigenvalue weighted by Gasteiger charge is -2.42. The van der Waals surface area contributed by atoms with Crippen LogP contribution in [0, 0.1) is 15.5 Å². The molecular weight excluding hydrogens is 386 g/mol. The van der Waals surface area contributed by atoms with Gasteiger partial charge in [-0.3, -0.25) is 14.9 Å². The number of likely N-dealkylation sites (tertiary alicyclic amines) is 1. The van der Waals surface area contributed by atoms with Crippen LogP contribution in [0.25, 0.3) is 0 Å². The van der Waals surface area contributed by atoms with Gasteiger partial charge in [0, 0.05) is 35.7 Å². The first-order valence-electron chi connectivity index (χ1n) is 7.17. The first-order valence-corrected chi connectivity index (χ1v) is 7.96. The first-order chi connectivity index (χ1) is 10.2. The van der Waals surface area contributed by atoms with E-state index in [0.29, 0.717) is 17.6 Å². The molecule has 2 N–H and O–H groups in total. The van der Waals surface area contributed by atoms with Gasteiger partial charge in [-0.1, -0.05) is 35.8 Å². The maximum atomic E-state index is 12.5. The third-order valence-corrected chi connectivity index (χ3v) is 4.99. The number of rotatable bonds is 3. The quantitative estimate of drug-likeness (QED) is 0.617. The molecule has 1 aliphatic heterocycles. The number of nitro groups is 1. The Balaban J connectivity index is 0.00000264. The number of amides is 1. The Morgan fingerprint density at radius 3 is 2.70 bits per heavy atom. The van der Waals surface area contributed by atoms with Gasteiger partial charge in [-0.25, -0.2) is 0 Å². The number of nitrogens with two attached hydrogens (primary N) is 1. The number of halogens is 2. The number of non-ortho nitro benzene ring substituents is 1. The normalized spacial score (nSPS) is 19.8. The van der Waals surface area contributed by atoms with E-state index in [0.717, 1.165) is 12.0 Å². The number of carbonyl (C=O) groups is 1. The van der Waals surface area contributed by atoms with E-state index in [9.17, 15) is 14.9 Å². The number of nitro benzene ring substituents is 1. The fourth-order valence-corrected chi connectivity index (χ4v) is 3.16. The maximum Gasteiger partial charge on any atom is 0.270 e. The fraction of sp³-hybridized carbons (Fsp3) is 0.533. The molecule has 0 spiro atoms. The Kier molecular flexibility index (Phi) is 6.56. The number of nitrogens with zero attached hydrogens (tertiary/aromatic N) is 2. The van der Waals surface area contributed by atoms with Crippen LogP contribution in [0.1, 0.15) is 25.8 Å². The molecule has 0 aliphatic carbocycles. The van der Waals surface area contributed by atoms with Crippen molar-refractivity contribution in [3.05, 3.63) is 38.3 Å². The Morgan fingerprint density at radius 1 is 1.52 bits per heavy atom. The van der Waals surface area contributed by atoms with E-state index in [1.807, 2.05) is 4.90 Å². The molecule has 0 saturated carbocycles. The molecule has 1 atom stereocenters. The Labute approximate surface area is 150 Å². The topological polar surface area (TPSA) is 89.5 Å². The number of carbonyl (C=O) groups excluding carboxylic acids is 1. The molecule has 23 heavy (non-hydrogen) atoms. The summed E-state index contributed by atoms with van der Waals surface area (Å²) < 4.78 is 0.586. The van der Waals surface area contributed by atoms with Crippen molar-refractivity contribution in [2.24, 2.45) is 11.1 Å². The number of benzene rings is 1. The predicted octanol–water partition coefficient (Wildman–Crippen LogP) is 2.91. The highest BCUT2D eigenvalue weighted by atomic mass is 79.9. The van der Waals surface area contributed by atoms with Crippen LogP contribution in [-0.4, -0.2) is 34.9 Å². The summed E-state index contributed by atoms with van der Waals surface area (Å²) in [5, 5.41) is 10.7. The van der Waals surface area contributed by atoms with Gasteiger partial charge >= 0.3 is 0 Å². The van der Waals surface area contributed by atoms with E-state index in [1.54, 1.807) is 6.07 Å². The van der Waals surface area contributed by atoms with Crippen molar-refractivity contribution >= 4 is 39.9 Å². The number of hydrogen-bond acceptors (Lipinski definition) is 4. The van der Waals surface area contributed by atoms with E-state index in [2.05, 4.69) is 29.8 Å². The molecule has 0 bridgehead atoms. The molecule has 1 amide bonds. The molecule has 1 fully saturated rings. The van der Waals surface area contributed by atoms with Gasteiger partial charge in [-0.2, -0.15) is 0 Å². The third-order valence-electron chi connectivity index (χ3n) is 4.25. The summed E-state index contributed by atoms with van der Waals surface area (Å²) in [7, 11) is 0. The van der Waals surface area contributed by atoms with E-state index in [-0.39, 0.29) is 41.9 Å². The zero-order valence-electron chi connectivity index (χ0n) is 13.1. The van der Waals surface area contributed by atoms with Crippen molar-refractivity contribution in [3.8, 4) is 0 Å². The molecule has 8 heteroatoms. The van der Waals surface area contributed by atoms with Gasteiger partial charge in [-0.15, -0.1) is 12.4 Å². The highest BCUT2D eigenvalue weighted by Gasteiger charge is 2.35. The molecule has 0 radical (unpaired) electrons.